The predicted molar refractivity (Wildman–Crippen MR) is 84.6 cm³/mol. The molecule has 126 valence electrons. The number of hydrogen-bond donors (Lipinski definition) is 1. The Hall–Kier alpha value is -1.02. The van der Waals surface area contributed by atoms with Crippen LogP contribution < -0.4 is 4.74 Å². The van der Waals surface area contributed by atoms with Gasteiger partial charge in [-0.25, -0.2) is 8.42 Å². The summed E-state index contributed by atoms with van der Waals surface area (Å²) >= 11 is 12.1. The van der Waals surface area contributed by atoms with Gasteiger partial charge in [-0.1, -0.05) is 23.2 Å². The average molecular weight is 380 g/mol. The molecule has 3 rings (SSSR count). The van der Waals surface area contributed by atoms with E-state index in [1.54, 1.807) is 0 Å². The number of benzene rings is 1. The summed E-state index contributed by atoms with van der Waals surface area (Å²) in [6.45, 7) is 0. The van der Waals surface area contributed by atoms with Gasteiger partial charge >= 0.3 is 5.97 Å². The van der Waals surface area contributed by atoms with E-state index in [1.807, 2.05) is 0 Å². The number of halogens is 2. The van der Waals surface area contributed by atoms with Gasteiger partial charge in [0.05, 0.1) is 23.1 Å². The van der Waals surface area contributed by atoms with E-state index in [1.165, 1.54) is 23.5 Å². The standard InChI is InChI=1S/C14H15Cl2NO5S/c1-22-12-5-10(16)13(6-9(12)15)23(20,21)17-7-2-3-11(17)8(4-7)14(18)19/h5-8,11H,2-4H2,1H3,(H,18,19). The van der Waals surface area contributed by atoms with Gasteiger partial charge in [0, 0.05) is 18.2 Å². The molecule has 2 bridgehead atoms. The monoisotopic (exact) mass is 379 g/mol. The molecular formula is C14H15Cl2NO5S. The zero-order valence-electron chi connectivity index (χ0n) is 12.2. The summed E-state index contributed by atoms with van der Waals surface area (Å²) in [5.74, 6) is -1.35. The van der Waals surface area contributed by atoms with Gasteiger partial charge in [-0.2, -0.15) is 4.31 Å². The Bertz CT molecular complexity index is 767. The van der Waals surface area contributed by atoms with Gasteiger partial charge in [0.2, 0.25) is 10.0 Å². The Balaban J connectivity index is 2.04. The van der Waals surface area contributed by atoms with Gasteiger partial charge < -0.3 is 9.84 Å². The number of methoxy groups -OCH3 is 1. The fourth-order valence-electron chi connectivity index (χ4n) is 3.56. The van der Waals surface area contributed by atoms with Crippen LogP contribution in [0.3, 0.4) is 0 Å². The Morgan fingerprint density at radius 2 is 2.00 bits per heavy atom. The Morgan fingerprint density at radius 1 is 1.30 bits per heavy atom. The van der Waals surface area contributed by atoms with Crippen LogP contribution in [0.15, 0.2) is 17.0 Å². The molecule has 9 heteroatoms. The molecule has 2 heterocycles. The molecule has 1 N–H and O–H groups in total. The van der Waals surface area contributed by atoms with Gasteiger partial charge in [-0.3, -0.25) is 4.79 Å². The highest BCUT2D eigenvalue weighted by molar-refractivity contribution is 7.89. The minimum Gasteiger partial charge on any atom is -0.495 e. The van der Waals surface area contributed by atoms with E-state index >= 15 is 0 Å². The van der Waals surface area contributed by atoms with Gasteiger partial charge in [-0.05, 0) is 25.3 Å². The van der Waals surface area contributed by atoms with E-state index in [2.05, 4.69) is 0 Å². The predicted octanol–water partition coefficient (Wildman–Crippen LogP) is 2.63. The number of carboxylic acids is 1. The number of carboxylic acid groups (broad SMARTS) is 1. The second-order valence-electron chi connectivity index (χ2n) is 5.73. The number of sulfonamides is 1. The number of aliphatic carboxylic acids is 1. The van der Waals surface area contributed by atoms with E-state index < -0.39 is 28.0 Å². The molecule has 0 spiro atoms. The summed E-state index contributed by atoms with van der Waals surface area (Å²) in [6, 6.07) is 1.78. The lowest BCUT2D eigenvalue weighted by Crippen LogP contribution is -2.38. The molecule has 2 aliphatic rings. The second kappa shape index (κ2) is 5.81. The summed E-state index contributed by atoms with van der Waals surface area (Å²) in [5, 5.41) is 9.41. The third-order valence-corrected chi connectivity index (χ3v) is 7.29. The van der Waals surface area contributed by atoms with Crippen molar-refractivity contribution in [2.24, 2.45) is 5.92 Å². The molecule has 23 heavy (non-hydrogen) atoms. The maximum atomic E-state index is 13.0. The van der Waals surface area contributed by atoms with Crippen molar-refractivity contribution in [3.8, 4) is 5.75 Å². The topological polar surface area (TPSA) is 83.9 Å². The molecule has 0 aromatic heterocycles. The third kappa shape index (κ3) is 2.59. The van der Waals surface area contributed by atoms with Crippen LogP contribution in [0.25, 0.3) is 0 Å². The molecule has 0 amide bonds. The zero-order chi connectivity index (χ0) is 16.9. The van der Waals surface area contributed by atoms with Crippen LogP contribution in [-0.2, 0) is 14.8 Å². The molecule has 6 nitrogen and oxygen atoms in total. The number of carbonyl (C=O) groups is 1. The molecular weight excluding hydrogens is 365 g/mol. The molecule has 2 saturated heterocycles. The van der Waals surface area contributed by atoms with E-state index in [-0.39, 0.29) is 26.7 Å². The maximum absolute atomic E-state index is 13.0. The van der Waals surface area contributed by atoms with Gasteiger partial charge in [0.15, 0.2) is 0 Å². The molecule has 2 aliphatic heterocycles. The van der Waals surface area contributed by atoms with Crippen LogP contribution in [0.1, 0.15) is 19.3 Å². The first-order valence-corrected chi connectivity index (χ1v) is 9.26. The van der Waals surface area contributed by atoms with Gasteiger partial charge in [0.1, 0.15) is 10.6 Å². The lowest BCUT2D eigenvalue weighted by Gasteiger charge is -2.23. The van der Waals surface area contributed by atoms with Crippen molar-refractivity contribution in [2.45, 2.75) is 36.2 Å². The summed E-state index contributed by atoms with van der Waals surface area (Å²) in [4.78, 5) is 11.2. The fraction of sp³-hybridized carbons (Fsp3) is 0.500. The quantitative estimate of drug-likeness (QED) is 0.868. The van der Waals surface area contributed by atoms with E-state index in [0.29, 0.717) is 19.3 Å². The normalized spacial score (nSPS) is 27.3. The first-order valence-electron chi connectivity index (χ1n) is 7.06. The van der Waals surface area contributed by atoms with Crippen LogP contribution in [0.4, 0.5) is 0 Å². The average Bonchev–Trinajstić information content (AvgIpc) is 3.07. The van der Waals surface area contributed by atoms with E-state index in [4.69, 9.17) is 27.9 Å². The van der Waals surface area contributed by atoms with Crippen LogP contribution in [0.2, 0.25) is 10.0 Å². The number of nitrogens with zero attached hydrogens (tertiary/aromatic N) is 1. The van der Waals surface area contributed by atoms with Crippen molar-refractivity contribution in [1.82, 2.24) is 4.31 Å². The van der Waals surface area contributed by atoms with Crippen molar-refractivity contribution in [2.75, 3.05) is 7.11 Å². The SMILES string of the molecule is COc1cc(Cl)c(S(=O)(=O)N2C3CCC2C(C(=O)O)C3)cc1Cl. The molecule has 1 aromatic rings. The molecule has 3 atom stereocenters. The van der Waals surface area contributed by atoms with Crippen molar-refractivity contribution in [3.05, 3.63) is 22.2 Å². The highest BCUT2D eigenvalue weighted by Gasteiger charge is 2.54. The number of hydrogen-bond acceptors (Lipinski definition) is 4. The van der Waals surface area contributed by atoms with E-state index in [9.17, 15) is 18.3 Å². The maximum Gasteiger partial charge on any atom is 0.308 e. The Morgan fingerprint density at radius 3 is 2.57 bits per heavy atom. The number of rotatable bonds is 4. The molecule has 2 fully saturated rings. The summed E-state index contributed by atoms with van der Waals surface area (Å²) in [7, 11) is -2.51. The van der Waals surface area contributed by atoms with Crippen molar-refractivity contribution >= 4 is 39.2 Å². The Kier molecular flexibility index (Phi) is 4.25. The van der Waals surface area contributed by atoms with E-state index in [0.717, 1.165) is 0 Å². The first kappa shape index (κ1) is 16.8. The molecule has 1 aromatic carbocycles. The third-order valence-electron chi connectivity index (χ3n) is 4.55. The summed E-state index contributed by atoms with van der Waals surface area (Å²) in [6.07, 6.45) is 1.54. The molecule has 3 unspecified atom stereocenters. The number of ether oxygens (including phenoxy) is 1. The van der Waals surface area contributed by atoms with Crippen LogP contribution in [0.5, 0.6) is 5.75 Å². The van der Waals surface area contributed by atoms with Gasteiger partial charge in [0.25, 0.3) is 0 Å². The van der Waals surface area contributed by atoms with Crippen LogP contribution >= 0.6 is 23.2 Å². The minimum atomic E-state index is -3.92. The molecule has 0 saturated carbocycles. The molecule has 0 aliphatic carbocycles. The minimum absolute atomic E-state index is 0.00410. The number of fused-ring (bicyclic) bond motifs is 2. The van der Waals surface area contributed by atoms with Crippen molar-refractivity contribution in [1.29, 1.82) is 0 Å². The largest absolute Gasteiger partial charge is 0.495 e. The second-order valence-corrected chi connectivity index (χ2v) is 8.36. The van der Waals surface area contributed by atoms with Gasteiger partial charge in [-0.15, -0.1) is 0 Å². The Labute approximate surface area is 144 Å². The highest BCUT2D eigenvalue weighted by Crippen LogP contribution is 2.46. The fourth-order valence-corrected chi connectivity index (χ4v) is 6.30. The summed E-state index contributed by atoms with van der Waals surface area (Å²) in [5.41, 5.74) is 0. The van der Waals surface area contributed by atoms with Crippen molar-refractivity contribution in [3.63, 3.8) is 0 Å². The zero-order valence-corrected chi connectivity index (χ0v) is 14.5. The van der Waals surface area contributed by atoms with Crippen LogP contribution in [0, 0.1) is 5.92 Å². The van der Waals surface area contributed by atoms with Crippen LogP contribution in [-0.4, -0.2) is 43.0 Å². The first-order chi connectivity index (χ1) is 10.8. The highest BCUT2D eigenvalue weighted by atomic mass is 35.5. The lowest BCUT2D eigenvalue weighted by molar-refractivity contribution is -0.142. The lowest BCUT2D eigenvalue weighted by atomic mass is 9.89. The van der Waals surface area contributed by atoms with Crippen molar-refractivity contribution < 1.29 is 23.1 Å². The molecule has 0 radical (unpaired) electrons. The smallest absolute Gasteiger partial charge is 0.308 e. The summed E-state index contributed by atoms with van der Waals surface area (Å²) < 4.78 is 32.3.